The fourth-order valence-electron chi connectivity index (χ4n) is 2.30. The number of nitriles is 1. The van der Waals surface area contributed by atoms with Crippen LogP contribution < -0.4 is 9.47 Å². The van der Waals surface area contributed by atoms with Gasteiger partial charge in [-0.1, -0.05) is 0 Å². The van der Waals surface area contributed by atoms with E-state index in [0.29, 0.717) is 33.2 Å². The van der Waals surface area contributed by atoms with Crippen LogP contribution in [0, 0.1) is 16.1 Å². The fraction of sp³-hybridized carbons (Fsp3) is 0.118. The Morgan fingerprint density at radius 1 is 1.20 bits per heavy atom. The van der Waals surface area contributed by atoms with Gasteiger partial charge in [0.15, 0.2) is 5.75 Å². The average Bonchev–Trinajstić information content (AvgIpc) is 2.61. The number of pyridine rings is 2. The van der Waals surface area contributed by atoms with Gasteiger partial charge in [-0.3, -0.25) is 0 Å². The van der Waals surface area contributed by atoms with Gasteiger partial charge in [-0.15, -0.1) is 0 Å². The predicted octanol–water partition coefficient (Wildman–Crippen LogP) is 3.34. The van der Waals surface area contributed by atoms with Gasteiger partial charge in [-0.05, 0) is 30.3 Å². The normalized spacial score (nSPS) is 13.0. The molecule has 1 N–H and O–H groups in total. The van der Waals surface area contributed by atoms with Crippen LogP contribution >= 0.6 is 0 Å². The van der Waals surface area contributed by atoms with Gasteiger partial charge < -0.3 is 9.47 Å². The Balaban J connectivity index is 2.10. The Morgan fingerprint density at radius 3 is 2.52 bits per heavy atom. The molecule has 0 aliphatic carbocycles. The van der Waals surface area contributed by atoms with Crippen LogP contribution in [0.1, 0.15) is 5.56 Å². The number of hydrogen-bond donors (Lipinski definition) is 1. The van der Waals surface area contributed by atoms with Crippen molar-refractivity contribution in [2.45, 2.75) is 4.90 Å². The van der Waals surface area contributed by atoms with Gasteiger partial charge in [-0.2, -0.15) is 5.26 Å². The summed E-state index contributed by atoms with van der Waals surface area (Å²) in [4.78, 5) is 8.72. The van der Waals surface area contributed by atoms with Crippen molar-refractivity contribution in [1.82, 2.24) is 9.97 Å². The molecule has 25 heavy (non-hydrogen) atoms. The predicted molar refractivity (Wildman–Crippen MR) is 92.4 cm³/mol. The topological polar surface area (TPSA) is 109 Å². The van der Waals surface area contributed by atoms with Gasteiger partial charge >= 0.3 is 0 Å². The minimum absolute atomic E-state index is 0.268. The van der Waals surface area contributed by atoms with Crippen molar-refractivity contribution in [2.24, 2.45) is 0 Å². The van der Waals surface area contributed by atoms with Crippen molar-refractivity contribution in [3.05, 3.63) is 48.3 Å². The van der Waals surface area contributed by atoms with Crippen LogP contribution in [-0.4, -0.2) is 27.5 Å². The summed E-state index contributed by atoms with van der Waals surface area (Å²) >= 11 is 0. The maximum atomic E-state index is 11.8. The lowest BCUT2D eigenvalue weighted by Crippen LogP contribution is -1.97. The zero-order valence-corrected chi connectivity index (χ0v) is 14.3. The smallest absolute Gasteiger partial charge is 0.240 e. The molecule has 8 heteroatoms. The summed E-state index contributed by atoms with van der Waals surface area (Å²) in [5.74, 6) is 1.12. The van der Waals surface area contributed by atoms with Crippen LogP contribution in [0.5, 0.6) is 17.4 Å². The van der Waals surface area contributed by atoms with Gasteiger partial charge in [0.05, 0.1) is 22.2 Å². The molecule has 7 nitrogen and oxygen atoms in total. The molecular formula is C17H14N4O3S. The second-order valence-corrected chi connectivity index (χ2v) is 7.40. The average molecular weight is 354 g/mol. The lowest BCUT2D eigenvalue weighted by atomic mass is 10.1. The molecule has 1 aromatic carbocycles. The summed E-state index contributed by atoms with van der Waals surface area (Å²) in [5, 5.41) is 9.95. The minimum Gasteiger partial charge on any atom is -0.479 e. The summed E-state index contributed by atoms with van der Waals surface area (Å²) < 4.78 is 30.4. The monoisotopic (exact) mass is 354 g/mol. The van der Waals surface area contributed by atoms with Gasteiger partial charge in [0, 0.05) is 23.5 Å². The summed E-state index contributed by atoms with van der Waals surface area (Å²) in [6.07, 6.45) is 4.30. The Kier molecular flexibility index (Phi) is 4.25. The van der Waals surface area contributed by atoms with E-state index in [-0.39, 0.29) is 5.56 Å². The summed E-state index contributed by atoms with van der Waals surface area (Å²) in [7, 11) is -1.30. The lowest BCUT2D eigenvalue weighted by molar-refractivity contribution is 0.402. The first kappa shape index (κ1) is 16.7. The number of fused-ring (bicyclic) bond motifs is 1. The third-order valence-corrected chi connectivity index (χ3v) is 4.68. The molecule has 1 atom stereocenters. The van der Waals surface area contributed by atoms with Crippen LogP contribution in [0.25, 0.3) is 10.9 Å². The van der Waals surface area contributed by atoms with Crippen LogP contribution in [0.2, 0.25) is 0 Å². The molecule has 0 aliphatic heterocycles. The van der Waals surface area contributed by atoms with E-state index in [0.717, 1.165) is 0 Å². The highest BCUT2D eigenvalue weighted by Gasteiger charge is 2.15. The third-order valence-electron chi connectivity index (χ3n) is 3.51. The van der Waals surface area contributed by atoms with Crippen molar-refractivity contribution >= 4 is 20.6 Å². The molecule has 1 unspecified atom stereocenters. The number of benzene rings is 1. The molecule has 126 valence electrons. The van der Waals surface area contributed by atoms with E-state index < -0.39 is 9.73 Å². The highest BCUT2D eigenvalue weighted by Crippen LogP contribution is 2.35. The molecule has 2 aromatic heterocycles. The molecule has 0 saturated carbocycles. The second kappa shape index (κ2) is 6.37. The van der Waals surface area contributed by atoms with Gasteiger partial charge in [0.1, 0.15) is 22.9 Å². The summed E-state index contributed by atoms with van der Waals surface area (Å²) in [5.41, 5.74) is 0.753. The number of aromatic nitrogens is 2. The van der Waals surface area contributed by atoms with Crippen molar-refractivity contribution in [3.8, 4) is 23.4 Å². The molecule has 0 aliphatic rings. The quantitative estimate of drug-likeness (QED) is 0.769. The first-order valence-electron chi connectivity index (χ1n) is 7.17. The SMILES string of the molecule is COc1nccc2c(Oc3ccc(S(C)(=N)=O)cc3)c(C#N)cnc12. The standard InChI is InChI=1S/C17H14N4O3S/c1-23-17-15-14(7-8-20-17)16(11(9-18)10-21-15)24-12-3-5-13(6-4-12)25(2,19)22/h3-8,10,19H,1-2H3. The number of hydrogen-bond acceptors (Lipinski definition) is 7. The van der Waals surface area contributed by atoms with Crippen LogP contribution in [-0.2, 0) is 9.73 Å². The Bertz CT molecular complexity index is 1090. The largest absolute Gasteiger partial charge is 0.479 e. The highest BCUT2D eigenvalue weighted by atomic mass is 32.2. The molecule has 0 amide bonds. The molecule has 0 fully saturated rings. The molecule has 3 aromatic rings. The molecule has 0 bridgehead atoms. The summed E-state index contributed by atoms with van der Waals surface area (Å²) in [6, 6.07) is 10.1. The maximum Gasteiger partial charge on any atom is 0.240 e. The van der Waals surface area contributed by atoms with E-state index in [1.807, 2.05) is 0 Å². The van der Waals surface area contributed by atoms with Gasteiger partial charge in [0.2, 0.25) is 5.88 Å². The lowest BCUT2D eigenvalue weighted by Gasteiger charge is -2.12. The first-order chi connectivity index (χ1) is 11.9. The second-order valence-electron chi connectivity index (χ2n) is 5.25. The van der Waals surface area contributed by atoms with Crippen molar-refractivity contribution in [3.63, 3.8) is 0 Å². The molecule has 0 spiro atoms. The molecule has 3 rings (SSSR count). The molecule has 2 heterocycles. The first-order valence-corrected chi connectivity index (χ1v) is 9.14. The van der Waals surface area contributed by atoms with Gasteiger partial charge in [0.25, 0.3) is 0 Å². The summed E-state index contributed by atoms with van der Waals surface area (Å²) in [6.45, 7) is 0. The molecular weight excluding hydrogens is 340 g/mol. The van der Waals surface area contributed by atoms with Crippen molar-refractivity contribution < 1.29 is 13.7 Å². The van der Waals surface area contributed by atoms with E-state index in [1.54, 1.807) is 36.5 Å². The van der Waals surface area contributed by atoms with Crippen LogP contribution in [0.4, 0.5) is 0 Å². The molecule has 0 radical (unpaired) electrons. The maximum absolute atomic E-state index is 11.8. The Labute approximate surface area is 144 Å². The van der Waals surface area contributed by atoms with Crippen LogP contribution in [0.15, 0.2) is 47.6 Å². The van der Waals surface area contributed by atoms with E-state index in [1.165, 1.54) is 19.6 Å². The Morgan fingerprint density at radius 2 is 1.92 bits per heavy atom. The number of nitrogens with zero attached hydrogens (tertiary/aromatic N) is 3. The Hall–Kier alpha value is -3.18. The number of ether oxygens (including phenoxy) is 2. The van der Waals surface area contributed by atoms with E-state index in [9.17, 15) is 9.47 Å². The van der Waals surface area contributed by atoms with Crippen LogP contribution in [0.3, 0.4) is 0 Å². The number of methoxy groups -OCH3 is 1. The van der Waals surface area contributed by atoms with Crippen molar-refractivity contribution in [1.29, 1.82) is 10.0 Å². The third kappa shape index (κ3) is 3.22. The van der Waals surface area contributed by atoms with E-state index >= 15 is 0 Å². The zero-order valence-electron chi connectivity index (χ0n) is 13.5. The minimum atomic E-state index is -2.79. The number of nitrogens with one attached hydrogen (secondary N) is 1. The number of rotatable bonds is 4. The molecule has 0 saturated heterocycles. The van der Waals surface area contributed by atoms with E-state index in [4.69, 9.17) is 14.3 Å². The highest BCUT2D eigenvalue weighted by molar-refractivity contribution is 7.91. The van der Waals surface area contributed by atoms with Gasteiger partial charge in [-0.25, -0.2) is 19.0 Å². The van der Waals surface area contributed by atoms with E-state index in [2.05, 4.69) is 16.0 Å². The van der Waals surface area contributed by atoms with Crippen molar-refractivity contribution in [2.75, 3.05) is 13.4 Å². The zero-order chi connectivity index (χ0) is 18.0. The fourth-order valence-corrected chi connectivity index (χ4v) is 2.96.